The second-order valence-corrected chi connectivity index (χ2v) is 15.0. The highest BCUT2D eigenvalue weighted by molar-refractivity contribution is 7.98. The van der Waals surface area contributed by atoms with Gasteiger partial charge in [0.25, 0.3) is 0 Å². The van der Waals surface area contributed by atoms with Crippen LogP contribution in [-0.2, 0) is 15.8 Å². The number of carbonyl (C=O) groups is 2. The molecule has 0 spiro atoms. The lowest BCUT2D eigenvalue weighted by Gasteiger charge is -2.45. The summed E-state index contributed by atoms with van der Waals surface area (Å²) in [7, 11) is -1.98. The molecule has 2 rings (SSSR count). The third-order valence-electron chi connectivity index (χ3n) is 6.04. The maximum atomic E-state index is 12.7. The van der Waals surface area contributed by atoms with Gasteiger partial charge in [0.15, 0.2) is 14.1 Å². The van der Waals surface area contributed by atoms with E-state index in [0.717, 1.165) is 18.0 Å². The van der Waals surface area contributed by atoms with E-state index in [9.17, 15) is 9.59 Å². The number of aromatic nitrogens is 2. The molecule has 1 N–H and O–H groups in total. The second kappa shape index (κ2) is 8.71. The van der Waals surface area contributed by atoms with E-state index in [0.29, 0.717) is 5.69 Å². The Labute approximate surface area is 174 Å². The van der Waals surface area contributed by atoms with Crippen molar-refractivity contribution in [1.82, 2.24) is 15.1 Å². The van der Waals surface area contributed by atoms with E-state index < -0.39 is 8.32 Å². The highest BCUT2D eigenvalue weighted by Gasteiger charge is 2.48. The summed E-state index contributed by atoms with van der Waals surface area (Å²) in [6.07, 6.45) is 2.12. The molecule has 2 heterocycles. The summed E-state index contributed by atoms with van der Waals surface area (Å²) in [4.78, 5) is 24.9. The highest BCUT2D eigenvalue weighted by Crippen LogP contribution is 2.39. The van der Waals surface area contributed by atoms with Crippen LogP contribution in [0, 0.1) is 12.8 Å². The number of hydrogen-bond acceptors (Lipinski definition) is 5. The van der Waals surface area contributed by atoms with Gasteiger partial charge in [-0.25, -0.2) is 0 Å². The molecule has 0 unspecified atom stereocenters. The summed E-state index contributed by atoms with van der Waals surface area (Å²) in [6.45, 7) is 15.6. The topological polar surface area (TPSA) is 73.2 Å². The first-order valence-electron chi connectivity index (χ1n) is 9.92. The van der Waals surface area contributed by atoms with Crippen LogP contribution in [0.2, 0.25) is 18.1 Å². The first-order chi connectivity index (χ1) is 12.9. The van der Waals surface area contributed by atoms with Gasteiger partial charge in [0.2, 0.25) is 5.91 Å². The van der Waals surface area contributed by atoms with E-state index in [4.69, 9.17) is 4.43 Å². The van der Waals surface area contributed by atoms with Crippen LogP contribution in [0.1, 0.15) is 50.3 Å². The fraction of sp³-hybridized carbons (Fsp3) is 0.750. The zero-order valence-corrected chi connectivity index (χ0v) is 20.3. The predicted octanol–water partition coefficient (Wildman–Crippen LogP) is 3.65. The molecule has 8 heteroatoms. The molecule has 1 amide bonds. The molecular weight excluding hydrogens is 390 g/mol. The first-order valence-corrected chi connectivity index (χ1v) is 14.2. The van der Waals surface area contributed by atoms with E-state index in [1.165, 1.54) is 0 Å². The summed E-state index contributed by atoms with van der Waals surface area (Å²) in [5, 5.41) is 7.43. The number of β-lactam (4-membered cyclic amide) rings is 1. The van der Waals surface area contributed by atoms with Crippen molar-refractivity contribution in [2.24, 2.45) is 5.92 Å². The van der Waals surface area contributed by atoms with Crippen molar-refractivity contribution in [3.8, 4) is 0 Å². The quantitative estimate of drug-likeness (QED) is 0.371. The third-order valence-corrected chi connectivity index (χ3v) is 11.2. The van der Waals surface area contributed by atoms with Crippen LogP contribution in [0.5, 0.6) is 0 Å². The monoisotopic (exact) mass is 425 g/mol. The lowest BCUT2D eigenvalue weighted by molar-refractivity contribution is -0.139. The van der Waals surface area contributed by atoms with E-state index in [2.05, 4.69) is 50.5 Å². The number of rotatable bonds is 9. The number of thioether (sulfide) groups is 1. The van der Waals surface area contributed by atoms with Gasteiger partial charge < -0.3 is 9.74 Å². The first kappa shape index (κ1) is 23.2. The van der Waals surface area contributed by atoms with Crippen molar-refractivity contribution < 1.29 is 14.0 Å². The molecule has 1 aliphatic heterocycles. The van der Waals surface area contributed by atoms with Crippen LogP contribution in [0.25, 0.3) is 0 Å². The fourth-order valence-corrected chi connectivity index (χ4v) is 5.03. The SMILES string of the molecule is CSCCn1nc(C(=O)C[C@H]2NC(=O)[C@@H]2[C@@H](C)O[Si](C)(C)C(C)(C)C)cc1C. The average molecular weight is 426 g/mol. The van der Waals surface area contributed by atoms with E-state index in [-0.39, 0.29) is 41.2 Å². The summed E-state index contributed by atoms with van der Waals surface area (Å²) in [5.74, 6) is 0.628. The Morgan fingerprint density at radius 3 is 2.61 bits per heavy atom. The van der Waals surface area contributed by atoms with Gasteiger partial charge in [0, 0.05) is 17.9 Å². The summed E-state index contributed by atoms with van der Waals surface area (Å²) in [6, 6.07) is 1.66. The molecule has 1 aromatic heterocycles. The fourth-order valence-electron chi connectivity index (χ4n) is 3.24. The molecule has 1 aliphatic rings. The van der Waals surface area contributed by atoms with Gasteiger partial charge >= 0.3 is 0 Å². The van der Waals surface area contributed by atoms with Crippen LogP contribution >= 0.6 is 11.8 Å². The molecule has 1 fully saturated rings. The number of amides is 1. The molecule has 0 aliphatic carbocycles. The van der Waals surface area contributed by atoms with Crippen LogP contribution in [-0.4, -0.2) is 53.9 Å². The number of ketones is 1. The minimum Gasteiger partial charge on any atom is -0.413 e. The van der Waals surface area contributed by atoms with Gasteiger partial charge in [-0.05, 0) is 44.3 Å². The molecular formula is C20H35N3O3SSi. The van der Waals surface area contributed by atoms with E-state index >= 15 is 0 Å². The van der Waals surface area contributed by atoms with Gasteiger partial charge in [-0.1, -0.05) is 20.8 Å². The third kappa shape index (κ3) is 5.07. The van der Waals surface area contributed by atoms with E-state index in [1.807, 2.05) is 24.6 Å². The van der Waals surface area contributed by atoms with Gasteiger partial charge in [-0.2, -0.15) is 16.9 Å². The Kier molecular flexibility index (Phi) is 7.20. The molecule has 158 valence electrons. The Balaban J connectivity index is 2.02. The molecule has 6 nitrogen and oxygen atoms in total. The number of nitrogens with zero attached hydrogens (tertiary/aromatic N) is 2. The van der Waals surface area contributed by atoms with Gasteiger partial charge in [-0.3, -0.25) is 14.3 Å². The predicted molar refractivity (Wildman–Crippen MR) is 117 cm³/mol. The number of Topliss-reactive ketones (excluding diaryl/α,β-unsaturated/α-hetero) is 1. The van der Waals surface area contributed by atoms with Crippen molar-refractivity contribution in [2.45, 2.75) is 77.9 Å². The molecule has 1 aromatic rings. The smallest absolute Gasteiger partial charge is 0.228 e. The zero-order chi connectivity index (χ0) is 21.3. The number of nitrogens with one attached hydrogen (secondary N) is 1. The van der Waals surface area contributed by atoms with Crippen molar-refractivity contribution in [3.63, 3.8) is 0 Å². The van der Waals surface area contributed by atoms with Crippen molar-refractivity contribution in [2.75, 3.05) is 12.0 Å². The van der Waals surface area contributed by atoms with Crippen molar-refractivity contribution in [1.29, 1.82) is 0 Å². The number of aryl methyl sites for hydroxylation is 2. The van der Waals surface area contributed by atoms with E-state index in [1.54, 1.807) is 11.8 Å². The maximum Gasteiger partial charge on any atom is 0.228 e. The minimum absolute atomic E-state index is 0.0225. The summed E-state index contributed by atoms with van der Waals surface area (Å²) < 4.78 is 8.29. The van der Waals surface area contributed by atoms with Crippen LogP contribution in [0.15, 0.2) is 6.07 Å². The Morgan fingerprint density at radius 2 is 2.07 bits per heavy atom. The Hall–Kier alpha value is -1.12. The standard InChI is InChI=1S/C20H35N3O3SSi/c1-13-11-15(22-23(13)9-10-27-6)17(24)12-16-18(19(25)21-16)14(2)26-28(7,8)20(3,4)5/h11,14,16,18H,9-10,12H2,1-8H3,(H,21,25)/t14-,16-,18-/m1/s1. The zero-order valence-electron chi connectivity index (χ0n) is 18.5. The van der Waals surface area contributed by atoms with Gasteiger partial charge in [0.1, 0.15) is 5.69 Å². The molecule has 1 saturated heterocycles. The maximum absolute atomic E-state index is 12.7. The summed E-state index contributed by atoms with van der Waals surface area (Å²) in [5.41, 5.74) is 1.47. The molecule has 0 saturated carbocycles. The number of hydrogen-bond donors (Lipinski definition) is 1. The lowest BCUT2D eigenvalue weighted by Crippen LogP contribution is -2.64. The Bertz CT molecular complexity index is 727. The molecule has 0 radical (unpaired) electrons. The van der Waals surface area contributed by atoms with Crippen LogP contribution in [0.4, 0.5) is 0 Å². The second-order valence-electron chi connectivity index (χ2n) is 9.24. The minimum atomic E-state index is -1.98. The van der Waals surface area contributed by atoms with Crippen molar-refractivity contribution in [3.05, 3.63) is 17.5 Å². The normalized spacial score (nSPS) is 21.2. The highest BCUT2D eigenvalue weighted by atomic mass is 32.2. The average Bonchev–Trinajstić information content (AvgIpc) is 2.91. The van der Waals surface area contributed by atoms with Crippen LogP contribution < -0.4 is 5.32 Å². The Morgan fingerprint density at radius 1 is 1.43 bits per heavy atom. The van der Waals surface area contributed by atoms with Gasteiger partial charge in [0.05, 0.1) is 24.6 Å². The largest absolute Gasteiger partial charge is 0.413 e. The molecule has 28 heavy (non-hydrogen) atoms. The van der Waals surface area contributed by atoms with Crippen molar-refractivity contribution >= 4 is 31.8 Å². The number of carbonyl (C=O) groups excluding carboxylic acids is 2. The lowest BCUT2D eigenvalue weighted by atomic mass is 9.83. The van der Waals surface area contributed by atoms with Crippen LogP contribution in [0.3, 0.4) is 0 Å². The molecule has 3 atom stereocenters. The van der Waals surface area contributed by atoms with Gasteiger partial charge in [-0.15, -0.1) is 0 Å². The molecule has 0 aromatic carbocycles. The molecule has 0 bridgehead atoms. The summed E-state index contributed by atoms with van der Waals surface area (Å²) >= 11 is 1.75.